The third kappa shape index (κ3) is 5.17. The van der Waals surface area contributed by atoms with Gasteiger partial charge in [-0.05, 0) is 75.1 Å². The van der Waals surface area contributed by atoms with Crippen LogP contribution in [0.4, 0.5) is 5.00 Å². The monoisotopic (exact) mass is 528 g/mol. The molecule has 1 aliphatic carbocycles. The van der Waals surface area contributed by atoms with Crippen LogP contribution in [0.3, 0.4) is 0 Å². The third-order valence-electron chi connectivity index (χ3n) is 6.05. The molecule has 2 aromatic heterocycles. The molecule has 0 aliphatic heterocycles. The van der Waals surface area contributed by atoms with E-state index in [9.17, 15) is 14.4 Å². The molecule has 1 N–H and O–H groups in total. The number of carbonyl (C=O) groups excluding carboxylic acids is 3. The number of nitrogens with zero attached hydrogens (tertiary/aromatic N) is 3. The Morgan fingerprint density at radius 3 is 2.53 bits per heavy atom. The number of hydrogen-bond donors (Lipinski definition) is 1. The number of nitrogens with one attached hydrogen (secondary N) is 1. The second kappa shape index (κ2) is 11.3. The molecule has 1 aliphatic rings. The molecule has 0 saturated carbocycles. The summed E-state index contributed by atoms with van der Waals surface area (Å²) in [4.78, 5) is 39.4. The molecule has 36 heavy (non-hydrogen) atoms. The molecule has 2 heterocycles. The number of thiophene rings is 1. The number of fused-ring (bicyclic) bond motifs is 1. The lowest BCUT2D eigenvalue weighted by molar-refractivity contribution is -0.124. The maximum Gasteiger partial charge on any atom is 0.341 e. The summed E-state index contributed by atoms with van der Waals surface area (Å²) < 4.78 is 12.4. The van der Waals surface area contributed by atoms with Crippen LogP contribution < -0.4 is 5.32 Å². The average Bonchev–Trinajstić information content (AvgIpc) is 3.46. The van der Waals surface area contributed by atoms with E-state index in [4.69, 9.17) is 9.47 Å². The van der Waals surface area contributed by atoms with E-state index in [1.807, 2.05) is 17.7 Å². The Bertz CT molecular complexity index is 1280. The molecule has 0 radical (unpaired) electrons. The fourth-order valence-electron chi connectivity index (χ4n) is 4.20. The largest absolute Gasteiger partial charge is 0.465 e. The van der Waals surface area contributed by atoms with Gasteiger partial charge in [-0.25, -0.2) is 9.59 Å². The van der Waals surface area contributed by atoms with E-state index in [2.05, 4.69) is 15.5 Å². The number of anilines is 1. The molecule has 4 rings (SSSR count). The van der Waals surface area contributed by atoms with E-state index in [1.165, 1.54) is 30.2 Å². The molecule has 0 bridgehead atoms. The number of aryl methyl sites for hydroxylation is 2. The van der Waals surface area contributed by atoms with Crippen LogP contribution in [0.1, 0.15) is 63.2 Å². The van der Waals surface area contributed by atoms with Crippen molar-refractivity contribution in [2.45, 2.75) is 57.2 Å². The fraction of sp³-hybridized carbons (Fsp3) is 0.400. The third-order valence-corrected chi connectivity index (χ3v) is 7.89. The minimum atomic E-state index is -1.01. The van der Waals surface area contributed by atoms with Crippen molar-refractivity contribution in [2.75, 3.05) is 18.7 Å². The molecule has 0 saturated heterocycles. The summed E-state index contributed by atoms with van der Waals surface area (Å²) in [7, 11) is 1.33. The number of amides is 1. The average molecular weight is 529 g/mol. The lowest BCUT2D eigenvalue weighted by Gasteiger charge is -2.16. The molecule has 190 valence electrons. The van der Waals surface area contributed by atoms with Crippen LogP contribution in [0.2, 0.25) is 0 Å². The van der Waals surface area contributed by atoms with Gasteiger partial charge in [-0.1, -0.05) is 18.7 Å². The van der Waals surface area contributed by atoms with E-state index in [0.717, 1.165) is 52.8 Å². The second-order valence-electron chi connectivity index (χ2n) is 8.31. The van der Waals surface area contributed by atoms with Crippen molar-refractivity contribution < 1.29 is 23.9 Å². The summed E-state index contributed by atoms with van der Waals surface area (Å²) in [5.41, 5.74) is 2.51. The van der Waals surface area contributed by atoms with Crippen molar-refractivity contribution >= 4 is 45.9 Å². The Morgan fingerprint density at radius 2 is 1.86 bits per heavy atom. The number of aromatic nitrogens is 3. The van der Waals surface area contributed by atoms with E-state index >= 15 is 0 Å². The first-order chi connectivity index (χ1) is 17.4. The summed E-state index contributed by atoms with van der Waals surface area (Å²) in [6.07, 6.45) is 4.88. The van der Waals surface area contributed by atoms with E-state index in [1.54, 1.807) is 31.2 Å². The molecule has 3 aromatic rings. The highest BCUT2D eigenvalue weighted by molar-refractivity contribution is 7.98. The van der Waals surface area contributed by atoms with Crippen molar-refractivity contribution in [2.24, 2.45) is 0 Å². The maximum absolute atomic E-state index is 13.1. The van der Waals surface area contributed by atoms with Crippen molar-refractivity contribution in [1.82, 2.24) is 14.8 Å². The van der Waals surface area contributed by atoms with Crippen LogP contribution in [0.5, 0.6) is 0 Å². The summed E-state index contributed by atoms with van der Waals surface area (Å²) in [5, 5.41) is 12.2. The van der Waals surface area contributed by atoms with Gasteiger partial charge >= 0.3 is 11.9 Å². The first kappa shape index (κ1) is 25.9. The molecule has 0 fully saturated rings. The number of hydrogen-bond acceptors (Lipinski definition) is 9. The highest BCUT2D eigenvalue weighted by Gasteiger charge is 2.29. The predicted molar refractivity (Wildman–Crippen MR) is 138 cm³/mol. The van der Waals surface area contributed by atoms with Gasteiger partial charge in [-0.3, -0.25) is 9.36 Å². The van der Waals surface area contributed by atoms with E-state index < -0.39 is 23.9 Å². The van der Waals surface area contributed by atoms with Gasteiger partial charge in [-0.2, -0.15) is 0 Å². The van der Waals surface area contributed by atoms with Crippen LogP contribution in [-0.4, -0.2) is 52.1 Å². The van der Waals surface area contributed by atoms with Gasteiger partial charge < -0.3 is 14.8 Å². The number of ether oxygens (including phenoxy) is 2. The predicted octanol–water partition coefficient (Wildman–Crippen LogP) is 4.60. The maximum atomic E-state index is 13.1. The van der Waals surface area contributed by atoms with Crippen molar-refractivity contribution in [3.8, 4) is 5.69 Å². The van der Waals surface area contributed by atoms with Gasteiger partial charge in [-0.15, -0.1) is 21.5 Å². The molecular weight excluding hydrogens is 500 g/mol. The molecule has 11 heteroatoms. The molecule has 1 aromatic carbocycles. The van der Waals surface area contributed by atoms with Crippen molar-refractivity contribution in [1.29, 1.82) is 0 Å². The highest BCUT2D eigenvalue weighted by Crippen LogP contribution is 2.38. The van der Waals surface area contributed by atoms with Gasteiger partial charge in [0, 0.05) is 10.6 Å². The highest BCUT2D eigenvalue weighted by atomic mass is 32.2. The first-order valence-electron chi connectivity index (χ1n) is 11.7. The Hall–Kier alpha value is -3.18. The number of esters is 2. The zero-order valence-electron chi connectivity index (χ0n) is 20.6. The van der Waals surface area contributed by atoms with E-state index in [0.29, 0.717) is 16.1 Å². The lowest BCUT2D eigenvalue weighted by atomic mass is 9.95. The molecule has 0 spiro atoms. The van der Waals surface area contributed by atoms with Crippen molar-refractivity contribution in [3.05, 3.63) is 51.7 Å². The van der Waals surface area contributed by atoms with Crippen LogP contribution in [0, 0.1) is 6.92 Å². The Balaban J connectivity index is 1.48. The van der Waals surface area contributed by atoms with Gasteiger partial charge in [0.2, 0.25) is 0 Å². The number of rotatable bonds is 8. The van der Waals surface area contributed by atoms with Crippen LogP contribution in [0.15, 0.2) is 29.4 Å². The molecule has 1 atom stereocenters. The zero-order valence-corrected chi connectivity index (χ0v) is 22.3. The van der Waals surface area contributed by atoms with E-state index in [-0.39, 0.29) is 6.42 Å². The quantitative estimate of drug-likeness (QED) is 0.334. The zero-order chi connectivity index (χ0) is 25.8. The summed E-state index contributed by atoms with van der Waals surface area (Å²) in [6, 6.07) is 6.86. The number of benzene rings is 1. The Morgan fingerprint density at radius 1 is 1.14 bits per heavy atom. The number of methoxy groups -OCH3 is 1. The van der Waals surface area contributed by atoms with Crippen molar-refractivity contribution in [3.63, 3.8) is 0 Å². The molecular formula is C25H28N4O5S2. The SMILES string of the molecule is CCC(OC(=O)c1ccc(-n2c(C)nnc2SC)cc1)C(=O)Nc1sc2c(c1C(=O)OC)CCCC2. The Kier molecular flexibility index (Phi) is 8.10. The second-order valence-corrected chi connectivity index (χ2v) is 10.2. The smallest absolute Gasteiger partial charge is 0.341 e. The summed E-state index contributed by atoms with van der Waals surface area (Å²) >= 11 is 2.87. The minimum absolute atomic E-state index is 0.283. The van der Waals surface area contributed by atoms with Gasteiger partial charge in [0.1, 0.15) is 10.8 Å². The fourth-order valence-corrected chi connectivity index (χ4v) is 6.03. The standard InChI is InChI=1S/C25H28N4O5S2/c1-5-18(21(30)26-22-20(24(32)33-3)17-8-6-7-9-19(17)36-22)34-23(31)15-10-12-16(13-11-15)29-14(2)27-28-25(29)35-4/h10-13,18H,5-9H2,1-4H3,(H,26,30). The van der Waals surface area contributed by atoms with Gasteiger partial charge in [0.25, 0.3) is 5.91 Å². The Labute approximate surface area is 217 Å². The summed E-state index contributed by atoms with van der Waals surface area (Å²) in [5.74, 6) is -0.814. The lowest BCUT2D eigenvalue weighted by Crippen LogP contribution is -2.32. The number of carbonyl (C=O) groups is 3. The van der Waals surface area contributed by atoms with Gasteiger partial charge in [0.05, 0.1) is 18.2 Å². The molecule has 1 unspecified atom stereocenters. The van der Waals surface area contributed by atoms with Crippen LogP contribution >= 0.6 is 23.1 Å². The molecule has 9 nitrogen and oxygen atoms in total. The topological polar surface area (TPSA) is 112 Å². The normalized spacial score (nSPS) is 13.6. The molecule has 1 amide bonds. The minimum Gasteiger partial charge on any atom is -0.465 e. The number of thioether (sulfide) groups is 1. The van der Waals surface area contributed by atoms with Gasteiger partial charge in [0.15, 0.2) is 11.3 Å². The van der Waals surface area contributed by atoms with Crippen LogP contribution in [-0.2, 0) is 27.1 Å². The first-order valence-corrected chi connectivity index (χ1v) is 13.7. The summed E-state index contributed by atoms with van der Waals surface area (Å²) in [6.45, 7) is 3.62. The van der Waals surface area contributed by atoms with Crippen LogP contribution in [0.25, 0.3) is 5.69 Å².